The average molecular weight is 435 g/mol. The number of carbonyl (C=O) groups excluding carboxylic acids is 3. The van der Waals surface area contributed by atoms with Crippen molar-refractivity contribution in [3.63, 3.8) is 0 Å². The molecule has 170 valence electrons. The Bertz CT molecular complexity index is 929. The Labute approximate surface area is 191 Å². The van der Waals surface area contributed by atoms with Gasteiger partial charge in [0.05, 0.1) is 12.0 Å². The van der Waals surface area contributed by atoms with Gasteiger partial charge in [0.25, 0.3) is 5.91 Å². The SMILES string of the molecule is CCCCc1ccc(C(=O)N(C)CC(=O)N2CCC(C(C)=O)(c3ccccc3)CC2)cc1. The van der Waals surface area contributed by atoms with Crippen molar-refractivity contribution in [1.82, 2.24) is 9.80 Å². The summed E-state index contributed by atoms with van der Waals surface area (Å²) >= 11 is 0. The van der Waals surface area contributed by atoms with Crippen LogP contribution >= 0.6 is 0 Å². The van der Waals surface area contributed by atoms with Crippen LogP contribution in [-0.2, 0) is 21.4 Å². The number of likely N-dealkylation sites (tertiary alicyclic amines) is 1. The maximum absolute atomic E-state index is 12.9. The highest BCUT2D eigenvalue weighted by Crippen LogP contribution is 2.36. The number of unbranched alkanes of at least 4 members (excludes halogenated alkanes) is 1. The third kappa shape index (κ3) is 5.26. The fourth-order valence-corrected chi connectivity index (χ4v) is 4.53. The summed E-state index contributed by atoms with van der Waals surface area (Å²) in [4.78, 5) is 41.5. The molecule has 5 heteroatoms. The third-order valence-corrected chi connectivity index (χ3v) is 6.71. The van der Waals surface area contributed by atoms with Crippen LogP contribution in [0.15, 0.2) is 54.6 Å². The van der Waals surface area contributed by atoms with E-state index in [9.17, 15) is 14.4 Å². The normalized spacial score (nSPS) is 15.3. The molecule has 0 aliphatic carbocycles. The van der Waals surface area contributed by atoms with E-state index in [1.807, 2.05) is 54.6 Å². The molecular weight excluding hydrogens is 400 g/mol. The Morgan fingerprint density at radius 1 is 0.969 bits per heavy atom. The van der Waals surface area contributed by atoms with Gasteiger partial charge in [-0.05, 0) is 55.9 Å². The largest absolute Gasteiger partial charge is 0.341 e. The quantitative estimate of drug-likeness (QED) is 0.624. The summed E-state index contributed by atoms with van der Waals surface area (Å²) in [6.07, 6.45) is 4.50. The number of rotatable bonds is 8. The molecule has 1 fully saturated rings. The number of ketones is 1. The van der Waals surface area contributed by atoms with E-state index in [1.165, 1.54) is 10.5 Å². The van der Waals surface area contributed by atoms with Crippen LogP contribution in [0.2, 0.25) is 0 Å². The van der Waals surface area contributed by atoms with Gasteiger partial charge >= 0.3 is 0 Å². The van der Waals surface area contributed by atoms with Gasteiger partial charge in [0.1, 0.15) is 5.78 Å². The highest BCUT2D eigenvalue weighted by Gasteiger charge is 2.41. The summed E-state index contributed by atoms with van der Waals surface area (Å²) in [6.45, 7) is 4.87. The number of amides is 2. The maximum atomic E-state index is 12.9. The van der Waals surface area contributed by atoms with Crippen LogP contribution in [0.25, 0.3) is 0 Å². The molecule has 0 aromatic heterocycles. The van der Waals surface area contributed by atoms with Crippen LogP contribution in [-0.4, -0.2) is 54.1 Å². The number of piperidine rings is 1. The maximum Gasteiger partial charge on any atom is 0.254 e. The lowest BCUT2D eigenvalue weighted by Gasteiger charge is -2.41. The van der Waals surface area contributed by atoms with Crippen LogP contribution in [0.4, 0.5) is 0 Å². The number of benzene rings is 2. The topological polar surface area (TPSA) is 57.7 Å². The van der Waals surface area contributed by atoms with Crippen molar-refractivity contribution in [1.29, 1.82) is 0 Å². The Morgan fingerprint density at radius 3 is 2.16 bits per heavy atom. The summed E-state index contributed by atoms with van der Waals surface area (Å²) < 4.78 is 0. The summed E-state index contributed by atoms with van der Waals surface area (Å²) in [6, 6.07) is 17.5. The van der Waals surface area contributed by atoms with Crippen LogP contribution in [0, 0.1) is 0 Å². The smallest absolute Gasteiger partial charge is 0.254 e. The molecule has 1 aliphatic rings. The van der Waals surface area contributed by atoms with E-state index in [0.29, 0.717) is 31.5 Å². The van der Waals surface area contributed by atoms with E-state index in [4.69, 9.17) is 0 Å². The zero-order chi connectivity index (χ0) is 23.1. The van der Waals surface area contributed by atoms with Gasteiger partial charge in [-0.2, -0.15) is 0 Å². The van der Waals surface area contributed by atoms with E-state index >= 15 is 0 Å². The Hall–Kier alpha value is -2.95. The van der Waals surface area contributed by atoms with E-state index in [0.717, 1.165) is 24.8 Å². The molecule has 2 aromatic rings. The van der Waals surface area contributed by atoms with Gasteiger partial charge in [-0.25, -0.2) is 0 Å². The van der Waals surface area contributed by atoms with E-state index in [2.05, 4.69) is 6.92 Å². The summed E-state index contributed by atoms with van der Waals surface area (Å²) in [5.74, 6) is -0.0872. The van der Waals surface area contributed by atoms with E-state index in [-0.39, 0.29) is 24.1 Å². The summed E-state index contributed by atoms with van der Waals surface area (Å²) in [7, 11) is 1.67. The minimum Gasteiger partial charge on any atom is -0.341 e. The number of nitrogens with zero attached hydrogens (tertiary/aromatic N) is 2. The molecule has 1 saturated heterocycles. The average Bonchev–Trinajstić information content (AvgIpc) is 2.83. The van der Waals surface area contributed by atoms with Crippen LogP contribution in [0.1, 0.15) is 61.0 Å². The fraction of sp³-hybridized carbons (Fsp3) is 0.444. The molecule has 2 aromatic carbocycles. The van der Waals surface area contributed by atoms with Gasteiger partial charge in [0, 0.05) is 25.7 Å². The van der Waals surface area contributed by atoms with Gasteiger partial charge in [-0.1, -0.05) is 55.8 Å². The number of aryl methyl sites for hydroxylation is 1. The Morgan fingerprint density at radius 2 is 1.59 bits per heavy atom. The molecule has 2 amide bonds. The summed E-state index contributed by atoms with van der Waals surface area (Å²) in [5, 5.41) is 0. The van der Waals surface area contributed by atoms with Gasteiger partial charge in [-0.15, -0.1) is 0 Å². The number of hydrogen-bond acceptors (Lipinski definition) is 3. The molecule has 1 aliphatic heterocycles. The molecule has 1 heterocycles. The lowest BCUT2D eigenvalue weighted by Crippen LogP contribution is -2.50. The first-order valence-corrected chi connectivity index (χ1v) is 11.6. The standard InChI is InChI=1S/C27H34N2O3/c1-4-5-9-22-12-14-23(15-13-22)26(32)28(3)20-25(31)29-18-16-27(17-19-29,21(2)30)24-10-7-6-8-11-24/h6-8,10-15H,4-5,9,16-20H2,1-3H3. The van der Waals surface area contributed by atoms with Crippen molar-refractivity contribution >= 4 is 17.6 Å². The Balaban J connectivity index is 1.58. The highest BCUT2D eigenvalue weighted by molar-refractivity contribution is 5.96. The van der Waals surface area contributed by atoms with Crippen molar-refractivity contribution in [2.45, 2.75) is 51.4 Å². The second kappa shape index (κ2) is 10.6. The first-order valence-electron chi connectivity index (χ1n) is 11.6. The highest BCUT2D eigenvalue weighted by atomic mass is 16.2. The van der Waals surface area contributed by atoms with Crippen LogP contribution < -0.4 is 0 Å². The number of likely N-dealkylation sites (N-methyl/N-ethyl adjacent to an activating group) is 1. The van der Waals surface area contributed by atoms with Crippen molar-refractivity contribution in [3.8, 4) is 0 Å². The van der Waals surface area contributed by atoms with Crippen molar-refractivity contribution in [2.24, 2.45) is 0 Å². The number of Topliss-reactive ketones (excluding diaryl/α,β-unsaturated/α-hetero) is 1. The van der Waals surface area contributed by atoms with Crippen LogP contribution in [0.3, 0.4) is 0 Å². The summed E-state index contributed by atoms with van der Waals surface area (Å²) in [5.41, 5.74) is 2.31. The predicted octanol–water partition coefficient (Wildman–Crippen LogP) is 4.25. The lowest BCUT2D eigenvalue weighted by atomic mass is 9.70. The zero-order valence-corrected chi connectivity index (χ0v) is 19.5. The van der Waals surface area contributed by atoms with Gasteiger partial charge in [-0.3, -0.25) is 14.4 Å². The fourth-order valence-electron chi connectivity index (χ4n) is 4.53. The monoisotopic (exact) mass is 434 g/mol. The van der Waals surface area contributed by atoms with Crippen molar-refractivity contribution in [3.05, 3.63) is 71.3 Å². The minimum absolute atomic E-state index is 0.0365. The third-order valence-electron chi connectivity index (χ3n) is 6.71. The van der Waals surface area contributed by atoms with Gasteiger partial charge in [0.15, 0.2) is 0 Å². The lowest BCUT2D eigenvalue weighted by molar-refractivity contribution is -0.136. The molecule has 0 saturated carbocycles. The van der Waals surface area contributed by atoms with Crippen LogP contribution in [0.5, 0.6) is 0 Å². The number of carbonyl (C=O) groups is 3. The molecule has 0 spiro atoms. The molecule has 0 atom stereocenters. The number of hydrogen-bond donors (Lipinski definition) is 0. The molecule has 3 rings (SSSR count). The van der Waals surface area contributed by atoms with Crippen molar-refractivity contribution in [2.75, 3.05) is 26.7 Å². The minimum atomic E-state index is -0.528. The molecule has 0 unspecified atom stereocenters. The first-order chi connectivity index (χ1) is 15.4. The predicted molar refractivity (Wildman–Crippen MR) is 127 cm³/mol. The van der Waals surface area contributed by atoms with Gasteiger partial charge in [0.2, 0.25) is 5.91 Å². The van der Waals surface area contributed by atoms with E-state index in [1.54, 1.807) is 18.9 Å². The van der Waals surface area contributed by atoms with E-state index < -0.39 is 5.41 Å². The Kier molecular flexibility index (Phi) is 7.84. The molecule has 5 nitrogen and oxygen atoms in total. The molecule has 0 radical (unpaired) electrons. The van der Waals surface area contributed by atoms with Crippen molar-refractivity contribution < 1.29 is 14.4 Å². The molecular formula is C27H34N2O3. The second-order valence-electron chi connectivity index (χ2n) is 8.85. The molecule has 0 bridgehead atoms. The molecule has 0 N–H and O–H groups in total. The first kappa shape index (κ1) is 23.7. The zero-order valence-electron chi connectivity index (χ0n) is 19.5. The molecule has 32 heavy (non-hydrogen) atoms. The van der Waals surface area contributed by atoms with Gasteiger partial charge < -0.3 is 9.80 Å². The second-order valence-corrected chi connectivity index (χ2v) is 8.85.